The average molecular weight is 440 g/mol. The number of aryl methyl sites for hydroxylation is 2. The van der Waals surface area contributed by atoms with Crippen molar-refractivity contribution >= 4 is 23.5 Å². The first kappa shape index (κ1) is 23.1. The summed E-state index contributed by atoms with van der Waals surface area (Å²) < 4.78 is 15.7. The second-order valence-corrected chi connectivity index (χ2v) is 7.60. The van der Waals surface area contributed by atoms with Crippen LogP contribution in [0.15, 0.2) is 47.8 Å². The average Bonchev–Trinajstić information content (AvgIpc) is 3.23. The van der Waals surface area contributed by atoms with E-state index in [0.29, 0.717) is 11.4 Å². The zero-order valence-corrected chi connectivity index (χ0v) is 18.8. The van der Waals surface area contributed by atoms with Gasteiger partial charge in [-0.05, 0) is 62.1 Å². The molecule has 0 spiro atoms. The number of hydrogen-bond donors (Lipinski definition) is 0. The van der Waals surface area contributed by atoms with E-state index in [1.54, 1.807) is 23.3 Å². The Bertz CT molecular complexity index is 979. The van der Waals surface area contributed by atoms with Crippen LogP contribution >= 0.6 is 0 Å². The number of rotatable bonds is 6. The highest BCUT2D eigenvalue weighted by molar-refractivity contribution is 6.05. The summed E-state index contributed by atoms with van der Waals surface area (Å²) in [5, 5.41) is 0. The molecule has 0 unspecified atom stereocenters. The van der Waals surface area contributed by atoms with Gasteiger partial charge in [0.05, 0.1) is 19.8 Å². The van der Waals surface area contributed by atoms with Gasteiger partial charge < -0.3 is 24.0 Å². The fraction of sp³-hybridized carbons (Fsp3) is 0.375. The topological polar surface area (TPSA) is 85.4 Å². The van der Waals surface area contributed by atoms with Gasteiger partial charge in [0, 0.05) is 25.0 Å². The zero-order valence-electron chi connectivity index (χ0n) is 18.8. The van der Waals surface area contributed by atoms with Crippen molar-refractivity contribution in [2.75, 3.05) is 38.8 Å². The molecule has 0 radical (unpaired) electrons. The van der Waals surface area contributed by atoms with Crippen LogP contribution in [-0.4, -0.2) is 56.7 Å². The summed E-state index contributed by atoms with van der Waals surface area (Å²) in [6.07, 6.45) is 8.60. The summed E-state index contributed by atoms with van der Waals surface area (Å²) >= 11 is 0. The molecule has 1 fully saturated rings. The van der Waals surface area contributed by atoms with Gasteiger partial charge in [-0.25, -0.2) is 9.59 Å². The summed E-state index contributed by atoms with van der Waals surface area (Å²) in [5.41, 5.74) is 2.35. The minimum atomic E-state index is -0.673. The number of nitrogens with zero attached hydrogens (tertiary/aromatic N) is 2. The lowest BCUT2D eigenvalue weighted by Crippen LogP contribution is -2.32. The Hall–Kier alpha value is -3.55. The number of amides is 1. The third kappa shape index (κ3) is 4.85. The Morgan fingerprint density at radius 1 is 0.938 bits per heavy atom. The van der Waals surface area contributed by atoms with Crippen LogP contribution < -0.4 is 9.64 Å². The van der Waals surface area contributed by atoms with E-state index >= 15 is 0 Å². The molecule has 0 atom stereocenters. The van der Waals surface area contributed by atoms with E-state index in [0.717, 1.165) is 37.1 Å². The summed E-state index contributed by atoms with van der Waals surface area (Å²) in [6.45, 7) is 5.27. The van der Waals surface area contributed by atoms with Crippen LogP contribution in [-0.2, 0) is 23.9 Å². The van der Waals surface area contributed by atoms with E-state index in [4.69, 9.17) is 14.2 Å². The van der Waals surface area contributed by atoms with E-state index in [1.807, 2.05) is 30.9 Å². The van der Waals surface area contributed by atoms with Crippen molar-refractivity contribution in [2.24, 2.45) is 0 Å². The Kier molecular flexibility index (Phi) is 7.35. The second-order valence-electron chi connectivity index (χ2n) is 7.60. The first-order valence-electron chi connectivity index (χ1n) is 10.4. The Morgan fingerprint density at radius 3 is 2.16 bits per heavy atom. The van der Waals surface area contributed by atoms with E-state index in [9.17, 15) is 14.4 Å². The summed E-state index contributed by atoms with van der Waals surface area (Å²) in [6, 6.07) is 3.66. The second kappa shape index (κ2) is 10.2. The molecule has 0 N–H and O–H groups in total. The van der Waals surface area contributed by atoms with E-state index < -0.39 is 11.9 Å². The standard InChI is InChI=1S/C24H28N2O6/c1-16-13-18(14-17(2)22(16)32-15-20(27)25-10-7-8-11-25)26-12-6-5-9-19(23(28)30-3)21(26)24(29)31-4/h5-6,9,12-14H,7-8,10-11,15H2,1-4H3. The lowest BCUT2D eigenvalue weighted by Gasteiger charge is -2.25. The zero-order chi connectivity index (χ0) is 23.3. The predicted octanol–water partition coefficient (Wildman–Crippen LogP) is 2.79. The Balaban J connectivity index is 1.93. The molecule has 32 heavy (non-hydrogen) atoms. The van der Waals surface area contributed by atoms with Gasteiger partial charge in [0.1, 0.15) is 11.4 Å². The molecule has 0 aliphatic carbocycles. The van der Waals surface area contributed by atoms with Crippen LogP contribution in [0.5, 0.6) is 5.75 Å². The molecule has 8 nitrogen and oxygen atoms in total. The monoisotopic (exact) mass is 440 g/mol. The molecular weight excluding hydrogens is 412 g/mol. The smallest absolute Gasteiger partial charge is 0.355 e. The number of allylic oxidation sites excluding steroid dienone is 2. The number of methoxy groups -OCH3 is 2. The van der Waals surface area contributed by atoms with E-state index in [1.165, 1.54) is 20.3 Å². The van der Waals surface area contributed by atoms with Crippen LogP contribution in [0.2, 0.25) is 0 Å². The van der Waals surface area contributed by atoms with Crippen molar-refractivity contribution in [3.05, 3.63) is 59.0 Å². The highest BCUT2D eigenvalue weighted by Crippen LogP contribution is 2.33. The third-order valence-corrected chi connectivity index (χ3v) is 5.41. The van der Waals surface area contributed by atoms with Crippen LogP contribution in [0, 0.1) is 13.8 Å². The maximum absolute atomic E-state index is 12.6. The molecule has 8 heteroatoms. The molecule has 1 saturated heterocycles. The summed E-state index contributed by atoms with van der Waals surface area (Å²) in [4.78, 5) is 40.7. The highest BCUT2D eigenvalue weighted by atomic mass is 16.5. The van der Waals surface area contributed by atoms with Crippen molar-refractivity contribution in [1.82, 2.24) is 4.90 Å². The minimum Gasteiger partial charge on any atom is -0.483 e. The van der Waals surface area contributed by atoms with Gasteiger partial charge in [-0.15, -0.1) is 0 Å². The summed E-state index contributed by atoms with van der Waals surface area (Å²) in [7, 11) is 2.51. The third-order valence-electron chi connectivity index (χ3n) is 5.41. The summed E-state index contributed by atoms with van der Waals surface area (Å²) in [5.74, 6) is -0.724. The van der Waals surface area contributed by atoms with Gasteiger partial charge in [-0.1, -0.05) is 6.08 Å². The molecule has 2 heterocycles. The SMILES string of the molecule is COC(=O)C1=C(C(=O)OC)N(c2cc(C)c(OCC(=O)N3CCCC3)c(C)c2)C=CC=C1. The first-order valence-corrected chi connectivity index (χ1v) is 10.4. The van der Waals surface area contributed by atoms with Crippen LogP contribution in [0.1, 0.15) is 24.0 Å². The quantitative estimate of drug-likeness (QED) is 0.629. The van der Waals surface area contributed by atoms with Crippen molar-refractivity contribution < 1.29 is 28.6 Å². The lowest BCUT2D eigenvalue weighted by atomic mass is 10.1. The number of carbonyl (C=O) groups is 3. The normalized spacial score (nSPS) is 15.6. The largest absolute Gasteiger partial charge is 0.483 e. The van der Waals surface area contributed by atoms with E-state index in [-0.39, 0.29) is 23.8 Å². The molecule has 3 rings (SSSR count). The van der Waals surface area contributed by atoms with Crippen molar-refractivity contribution in [2.45, 2.75) is 26.7 Å². The Labute approximate surface area is 187 Å². The molecule has 0 aromatic heterocycles. The van der Waals surface area contributed by atoms with Gasteiger partial charge in [0.25, 0.3) is 5.91 Å². The number of ether oxygens (including phenoxy) is 3. The lowest BCUT2D eigenvalue weighted by molar-refractivity contribution is -0.139. The number of anilines is 1. The van der Waals surface area contributed by atoms with Crippen LogP contribution in [0.25, 0.3) is 0 Å². The van der Waals surface area contributed by atoms with Crippen molar-refractivity contribution in [1.29, 1.82) is 0 Å². The van der Waals surface area contributed by atoms with Gasteiger partial charge in [0.2, 0.25) is 0 Å². The molecule has 1 aromatic rings. The molecular formula is C24H28N2O6. The number of benzene rings is 1. The maximum Gasteiger partial charge on any atom is 0.355 e. The number of likely N-dealkylation sites (tertiary alicyclic amines) is 1. The fourth-order valence-corrected chi connectivity index (χ4v) is 3.85. The predicted molar refractivity (Wildman–Crippen MR) is 119 cm³/mol. The van der Waals surface area contributed by atoms with Gasteiger partial charge in [-0.3, -0.25) is 4.79 Å². The maximum atomic E-state index is 12.6. The van der Waals surface area contributed by atoms with Crippen LogP contribution in [0.4, 0.5) is 5.69 Å². The highest BCUT2D eigenvalue weighted by Gasteiger charge is 2.28. The number of hydrogen-bond acceptors (Lipinski definition) is 7. The first-order chi connectivity index (χ1) is 15.4. The molecule has 170 valence electrons. The Morgan fingerprint density at radius 2 is 1.56 bits per heavy atom. The van der Waals surface area contributed by atoms with Gasteiger partial charge in [-0.2, -0.15) is 0 Å². The van der Waals surface area contributed by atoms with Gasteiger partial charge in [0.15, 0.2) is 6.61 Å². The number of esters is 2. The van der Waals surface area contributed by atoms with Crippen molar-refractivity contribution in [3.63, 3.8) is 0 Å². The molecule has 0 saturated carbocycles. The molecule has 2 aliphatic heterocycles. The molecule has 0 bridgehead atoms. The molecule has 1 aromatic carbocycles. The van der Waals surface area contributed by atoms with E-state index in [2.05, 4.69) is 0 Å². The number of carbonyl (C=O) groups excluding carboxylic acids is 3. The fourth-order valence-electron chi connectivity index (χ4n) is 3.85. The van der Waals surface area contributed by atoms with Crippen LogP contribution in [0.3, 0.4) is 0 Å². The molecule has 1 amide bonds. The van der Waals surface area contributed by atoms with Crippen molar-refractivity contribution in [3.8, 4) is 5.75 Å². The van der Waals surface area contributed by atoms with Gasteiger partial charge >= 0.3 is 11.9 Å². The molecule has 2 aliphatic rings. The minimum absolute atomic E-state index is 0.0195.